The van der Waals surface area contributed by atoms with E-state index in [0.29, 0.717) is 11.6 Å². The maximum atomic E-state index is 12.0. The van der Waals surface area contributed by atoms with Gasteiger partial charge in [-0.2, -0.15) is 0 Å². The molecule has 19 heavy (non-hydrogen) atoms. The first-order valence-corrected chi connectivity index (χ1v) is 6.84. The highest BCUT2D eigenvalue weighted by Crippen LogP contribution is 2.07. The second kappa shape index (κ2) is 5.67. The Balaban J connectivity index is 2.09. The Bertz CT molecular complexity index is 629. The van der Waals surface area contributed by atoms with Crippen molar-refractivity contribution in [1.29, 1.82) is 0 Å². The van der Waals surface area contributed by atoms with E-state index >= 15 is 0 Å². The first-order chi connectivity index (χ1) is 9.12. The molecule has 9 heteroatoms. The zero-order chi connectivity index (χ0) is 13.7. The summed E-state index contributed by atoms with van der Waals surface area (Å²) in [5.74, 6) is 0.356. The van der Waals surface area contributed by atoms with Crippen LogP contribution < -0.4 is 10.0 Å². The van der Waals surface area contributed by atoms with Crippen LogP contribution in [0.2, 0.25) is 0 Å². The van der Waals surface area contributed by atoms with Gasteiger partial charge < -0.3 is 5.32 Å². The first kappa shape index (κ1) is 13.3. The molecule has 0 radical (unpaired) electrons. The minimum Gasteiger partial charge on any atom is -0.357 e. The molecule has 0 atom stereocenters. The number of aromatic nitrogens is 4. The molecule has 8 nitrogen and oxygen atoms in total. The summed E-state index contributed by atoms with van der Waals surface area (Å²) in [6.07, 6.45) is 5.37. The standard InChI is InChI=1S/C10H12N6O2S/c1-11-10-13-5-9(6-14-10)19(17,18)16-4-8-2-3-12-7-15-8/h2-3,5-7,16H,4H2,1H3,(H,11,13,14). The summed E-state index contributed by atoms with van der Waals surface area (Å²) < 4.78 is 26.3. The molecule has 0 saturated heterocycles. The van der Waals surface area contributed by atoms with Crippen molar-refractivity contribution in [1.82, 2.24) is 24.7 Å². The normalized spacial score (nSPS) is 11.2. The SMILES string of the molecule is CNc1ncc(S(=O)(=O)NCc2ccncn2)cn1. The van der Waals surface area contributed by atoms with Crippen LogP contribution in [0, 0.1) is 0 Å². The summed E-state index contributed by atoms with van der Waals surface area (Å²) in [5.41, 5.74) is 0.575. The highest BCUT2D eigenvalue weighted by Gasteiger charge is 2.15. The quantitative estimate of drug-likeness (QED) is 0.779. The minimum absolute atomic E-state index is 0.000515. The van der Waals surface area contributed by atoms with Crippen molar-refractivity contribution in [3.63, 3.8) is 0 Å². The molecule has 0 aliphatic carbocycles. The lowest BCUT2D eigenvalue weighted by Crippen LogP contribution is -2.24. The lowest BCUT2D eigenvalue weighted by atomic mass is 10.4. The van der Waals surface area contributed by atoms with Gasteiger partial charge in [-0.1, -0.05) is 0 Å². The number of nitrogens with one attached hydrogen (secondary N) is 2. The molecule has 0 aromatic carbocycles. The van der Waals surface area contributed by atoms with Gasteiger partial charge in [0.25, 0.3) is 0 Å². The number of hydrogen-bond acceptors (Lipinski definition) is 7. The molecule has 0 fully saturated rings. The van der Waals surface area contributed by atoms with Gasteiger partial charge in [-0.25, -0.2) is 33.1 Å². The first-order valence-electron chi connectivity index (χ1n) is 5.36. The van der Waals surface area contributed by atoms with Crippen LogP contribution in [0.15, 0.2) is 35.9 Å². The minimum atomic E-state index is -3.65. The molecular weight excluding hydrogens is 268 g/mol. The fourth-order valence-corrected chi connectivity index (χ4v) is 2.15. The monoisotopic (exact) mass is 280 g/mol. The average molecular weight is 280 g/mol. The Morgan fingerprint density at radius 3 is 2.53 bits per heavy atom. The Morgan fingerprint density at radius 1 is 1.21 bits per heavy atom. The Labute approximate surface area is 110 Å². The fourth-order valence-electron chi connectivity index (χ4n) is 1.26. The molecule has 0 bridgehead atoms. The van der Waals surface area contributed by atoms with Crippen LogP contribution in [0.25, 0.3) is 0 Å². The number of rotatable bonds is 5. The van der Waals surface area contributed by atoms with Crippen molar-refractivity contribution in [2.75, 3.05) is 12.4 Å². The van der Waals surface area contributed by atoms with Gasteiger partial charge in [-0.3, -0.25) is 0 Å². The van der Waals surface area contributed by atoms with Crippen LogP contribution in [0.3, 0.4) is 0 Å². The van der Waals surface area contributed by atoms with Gasteiger partial charge in [0, 0.05) is 13.2 Å². The number of hydrogen-bond donors (Lipinski definition) is 2. The van der Waals surface area contributed by atoms with Gasteiger partial charge in [-0.05, 0) is 6.07 Å². The molecule has 2 heterocycles. The molecular formula is C10H12N6O2S. The van der Waals surface area contributed by atoms with Gasteiger partial charge >= 0.3 is 0 Å². The molecule has 0 unspecified atom stereocenters. The van der Waals surface area contributed by atoms with Gasteiger partial charge in [0.15, 0.2) is 0 Å². The Kier molecular flexibility index (Phi) is 3.97. The summed E-state index contributed by atoms with van der Waals surface area (Å²) in [6.45, 7) is 0.0820. The van der Waals surface area contributed by atoms with Crippen LogP contribution >= 0.6 is 0 Å². The number of nitrogens with zero attached hydrogens (tertiary/aromatic N) is 4. The van der Waals surface area contributed by atoms with Crippen LogP contribution in [0.5, 0.6) is 0 Å². The summed E-state index contributed by atoms with van der Waals surface area (Å²) in [7, 11) is -2.00. The molecule has 2 N–H and O–H groups in total. The third-order valence-corrected chi connectivity index (χ3v) is 3.60. The van der Waals surface area contributed by atoms with Crippen LogP contribution in [-0.2, 0) is 16.6 Å². The second-order valence-corrected chi connectivity index (χ2v) is 5.28. The van der Waals surface area contributed by atoms with E-state index in [9.17, 15) is 8.42 Å². The number of sulfonamides is 1. The molecule has 0 amide bonds. The average Bonchev–Trinajstić information content (AvgIpc) is 2.46. The molecule has 0 aliphatic rings. The van der Waals surface area contributed by atoms with Gasteiger partial charge in [0.2, 0.25) is 16.0 Å². The van der Waals surface area contributed by atoms with Crippen molar-refractivity contribution in [2.24, 2.45) is 0 Å². The van der Waals surface area contributed by atoms with Crippen LogP contribution in [0.1, 0.15) is 5.69 Å². The molecule has 0 saturated carbocycles. The molecule has 0 spiro atoms. The fraction of sp³-hybridized carbons (Fsp3) is 0.200. The topological polar surface area (TPSA) is 110 Å². The van der Waals surface area contributed by atoms with E-state index in [4.69, 9.17) is 0 Å². The zero-order valence-electron chi connectivity index (χ0n) is 10.1. The van der Waals surface area contributed by atoms with Gasteiger partial charge in [0.1, 0.15) is 11.2 Å². The molecule has 2 aromatic heterocycles. The summed E-state index contributed by atoms with van der Waals surface area (Å²) in [6, 6.07) is 1.63. The Hall–Kier alpha value is -2.13. The van der Waals surface area contributed by atoms with Gasteiger partial charge in [-0.15, -0.1) is 0 Å². The smallest absolute Gasteiger partial charge is 0.243 e. The predicted octanol–water partition coefficient (Wildman–Crippen LogP) is -0.213. The molecule has 2 aromatic rings. The van der Waals surface area contributed by atoms with E-state index in [0.717, 1.165) is 0 Å². The highest BCUT2D eigenvalue weighted by atomic mass is 32.2. The van der Waals surface area contributed by atoms with E-state index < -0.39 is 10.0 Å². The van der Waals surface area contributed by atoms with Crippen molar-refractivity contribution in [3.8, 4) is 0 Å². The van der Waals surface area contributed by atoms with Crippen LogP contribution in [-0.4, -0.2) is 35.4 Å². The number of anilines is 1. The van der Waals surface area contributed by atoms with E-state index in [1.54, 1.807) is 19.3 Å². The van der Waals surface area contributed by atoms with E-state index in [1.807, 2.05) is 0 Å². The second-order valence-electron chi connectivity index (χ2n) is 3.52. The molecule has 0 aliphatic heterocycles. The van der Waals surface area contributed by atoms with E-state index in [-0.39, 0.29) is 11.4 Å². The largest absolute Gasteiger partial charge is 0.357 e. The summed E-state index contributed by atoms with van der Waals surface area (Å²) in [5, 5.41) is 2.71. The summed E-state index contributed by atoms with van der Waals surface area (Å²) in [4.78, 5) is 15.4. The van der Waals surface area contributed by atoms with Crippen molar-refractivity contribution in [3.05, 3.63) is 36.7 Å². The van der Waals surface area contributed by atoms with Crippen molar-refractivity contribution < 1.29 is 8.42 Å². The van der Waals surface area contributed by atoms with Crippen LogP contribution in [0.4, 0.5) is 5.95 Å². The molecule has 2 rings (SSSR count). The zero-order valence-corrected chi connectivity index (χ0v) is 10.9. The van der Waals surface area contributed by atoms with Crippen molar-refractivity contribution in [2.45, 2.75) is 11.4 Å². The third kappa shape index (κ3) is 3.42. The Morgan fingerprint density at radius 2 is 1.95 bits per heavy atom. The summed E-state index contributed by atoms with van der Waals surface area (Å²) >= 11 is 0. The van der Waals surface area contributed by atoms with E-state index in [1.165, 1.54) is 18.7 Å². The predicted molar refractivity (Wildman–Crippen MR) is 67.6 cm³/mol. The highest BCUT2D eigenvalue weighted by molar-refractivity contribution is 7.89. The lowest BCUT2D eigenvalue weighted by Gasteiger charge is -2.06. The maximum Gasteiger partial charge on any atom is 0.243 e. The third-order valence-electron chi connectivity index (χ3n) is 2.25. The molecule has 100 valence electrons. The van der Waals surface area contributed by atoms with Gasteiger partial charge in [0.05, 0.1) is 24.6 Å². The van der Waals surface area contributed by atoms with Crippen molar-refractivity contribution >= 4 is 16.0 Å². The maximum absolute atomic E-state index is 12.0. The van der Waals surface area contributed by atoms with E-state index in [2.05, 4.69) is 30.0 Å². The lowest BCUT2D eigenvalue weighted by molar-refractivity contribution is 0.579.